The van der Waals surface area contributed by atoms with Crippen LogP contribution in [0.1, 0.15) is 18.9 Å². The van der Waals surface area contributed by atoms with E-state index in [0.29, 0.717) is 18.1 Å². The predicted octanol–water partition coefficient (Wildman–Crippen LogP) is 4.05. The molecule has 0 aliphatic carbocycles. The second kappa shape index (κ2) is 10.4. The van der Waals surface area contributed by atoms with Crippen molar-refractivity contribution in [2.45, 2.75) is 19.5 Å². The summed E-state index contributed by atoms with van der Waals surface area (Å²) in [5.41, 5.74) is -1.41. The molecule has 2 aromatic rings. The van der Waals surface area contributed by atoms with Crippen LogP contribution in [0.25, 0.3) is 0 Å². The van der Waals surface area contributed by atoms with Crippen molar-refractivity contribution in [2.24, 2.45) is 0 Å². The van der Waals surface area contributed by atoms with E-state index in [4.69, 9.17) is 14.2 Å². The first-order valence-corrected chi connectivity index (χ1v) is 8.77. The van der Waals surface area contributed by atoms with Crippen molar-refractivity contribution in [1.29, 1.82) is 0 Å². The molecule has 1 amide bonds. The van der Waals surface area contributed by atoms with E-state index >= 15 is 0 Å². The Morgan fingerprint density at radius 2 is 1.55 bits per heavy atom. The molecule has 0 spiro atoms. The second-order valence-electron chi connectivity index (χ2n) is 5.84. The number of carbonyl (C=O) groups is 2. The third-order valence-electron chi connectivity index (χ3n) is 3.53. The minimum atomic E-state index is -4.62. The van der Waals surface area contributed by atoms with Crippen molar-refractivity contribution in [3.05, 3.63) is 54.1 Å². The number of ether oxygens (including phenoxy) is 3. The number of hydrogen-bond donors (Lipinski definition) is 1. The molecular formula is C20H20F3NO5. The van der Waals surface area contributed by atoms with E-state index in [9.17, 15) is 22.8 Å². The summed E-state index contributed by atoms with van der Waals surface area (Å²) in [4.78, 5) is 23.6. The van der Waals surface area contributed by atoms with Crippen LogP contribution in [0.2, 0.25) is 0 Å². The molecular weight excluding hydrogens is 391 g/mol. The van der Waals surface area contributed by atoms with Gasteiger partial charge in [0.2, 0.25) is 0 Å². The summed E-state index contributed by atoms with van der Waals surface area (Å²) < 4.78 is 54.3. The Morgan fingerprint density at radius 1 is 0.931 bits per heavy atom. The quantitative estimate of drug-likeness (QED) is 0.630. The molecule has 1 N–H and O–H groups in total. The molecule has 0 saturated heterocycles. The fourth-order valence-electron chi connectivity index (χ4n) is 2.25. The maximum absolute atomic E-state index is 12.9. The van der Waals surface area contributed by atoms with E-state index in [1.165, 1.54) is 12.1 Å². The third kappa shape index (κ3) is 7.02. The topological polar surface area (TPSA) is 73.9 Å². The molecule has 2 aromatic carbocycles. The van der Waals surface area contributed by atoms with Crippen LogP contribution in [0.4, 0.5) is 18.9 Å². The van der Waals surface area contributed by atoms with Gasteiger partial charge in [0, 0.05) is 0 Å². The molecule has 0 fully saturated rings. The van der Waals surface area contributed by atoms with Crippen LogP contribution < -0.4 is 14.8 Å². The zero-order chi connectivity index (χ0) is 21.3. The van der Waals surface area contributed by atoms with E-state index in [1.54, 1.807) is 24.3 Å². The minimum Gasteiger partial charge on any atom is -0.490 e. The number of rotatable bonds is 9. The Labute approximate surface area is 165 Å². The SMILES string of the molecule is CCCOc1ccccc1OCC(=O)OCC(=O)Nc1ccccc1C(F)(F)F. The Bertz CT molecular complexity index is 839. The van der Waals surface area contributed by atoms with Crippen molar-refractivity contribution in [1.82, 2.24) is 0 Å². The molecule has 2 rings (SSSR count). The van der Waals surface area contributed by atoms with Gasteiger partial charge in [0.15, 0.2) is 24.7 Å². The fraction of sp³-hybridized carbons (Fsp3) is 0.300. The lowest BCUT2D eigenvalue weighted by atomic mass is 10.1. The van der Waals surface area contributed by atoms with Crippen LogP contribution in [0, 0.1) is 0 Å². The maximum atomic E-state index is 12.9. The molecule has 0 radical (unpaired) electrons. The third-order valence-corrected chi connectivity index (χ3v) is 3.53. The molecule has 0 aliphatic heterocycles. The largest absolute Gasteiger partial charge is 0.490 e. The molecule has 6 nitrogen and oxygen atoms in total. The van der Waals surface area contributed by atoms with Gasteiger partial charge in [-0.25, -0.2) is 4.79 Å². The summed E-state index contributed by atoms with van der Waals surface area (Å²) in [6.45, 7) is 1.19. The van der Waals surface area contributed by atoms with Crippen molar-refractivity contribution in [3.63, 3.8) is 0 Å². The lowest BCUT2D eigenvalue weighted by molar-refractivity contribution is -0.149. The van der Waals surface area contributed by atoms with Crippen LogP contribution in [-0.4, -0.2) is 31.7 Å². The summed E-state index contributed by atoms with van der Waals surface area (Å²) in [6, 6.07) is 11.2. The molecule has 0 heterocycles. The highest BCUT2D eigenvalue weighted by atomic mass is 19.4. The minimum absolute atomic E-state index is 0.335. The van der Waals surface area contributed by atoms with Crippen molar-refractivity contribution >= 4 is 17.6 Å². The highest BCUT2D eigenvalue weighted by Gasteiger charge is 2.33. The van der Waals surface area contributed by atoms with Crippen molar-refractivity contribution in [3.8, 4) is 11.5 Å². The molecule has 156 valence electrons. The Hall–Kier alpha value is -3.23. The van der Waals surface area contributed by atoms with Gasteiger partial charge in [0.1, 0.15) is 0 Å². The molecule has 0 aromatic heterocycles. The first kappa shape index (κ1) is 22.1. The smallest absolute Gasteiger partial charge is 0.418 e. The predicted molar refractivity (Wildman–Crippen MR) is 98.8 cm³/mol. The number of para-hydroxylation sites is 3. The van der Waals surface area contributed by atoms with Gasteiger partial charge in [-0.2, -0.15) is 13.2 Å². The van der Waals surface area contributed by atoms with Gasteiger partial charge >= 0.3 is 12.1 Å². The van der Waals surface area contributed by atoms with E-state index in [1.807, 2.05) is 6.92 Å². The molecule has 29 heavy (non-hydrogen) atoms. The Morgan fingerprint density at radius 3 is 2.21 bits per heavy atom. The van der Waals surface area contributed by atoms with Crippen molar-refractivity contribution in [2.75, 3.05) is 25.1 Å². The summed E-state index contributed by atoms with van der Waals surface area (Å²) in [5, 5.41) is 2.08. The lowest BCUT2D eigenvalue weighted by Crippen LogP contribution is -2.24. The number of nitrogens with one attached hydrogen (secondary N) is 1. The molecule has 0 aliphatic rings. The lowest BCUT2D eigenvalue weighted by Gasteiger charge is -2.14. The van der Waals surface area contributed by atoms with E-state index in [-0.39, 0.29) is 0 Å². The van der Waals surface area contributed by atoms with Gasteiger partial charge in [-0.15, -0.1) is 0 Å². The number of esters is 1. The second-order valence-corrected chi connectivity index (χ2v) is 5.84. The van der Waals surface area contributed by atoms with Crippen LogP contribution in [-0.2, 0) is 20.5 Å². The summed E-state index contributed by atoms with van der Waals surface area (Å²) in [7, 11) is 0. The fourth-order valence-corrected chi connectivity index (χ4v) is 2.25. The van der Waals surface area contributed by atoms with Crippen LogP contribution in [0.15, 0.2) is 48.5 Å². The number of carbonyl (C=O) groups excluding carboxylic acids is 2. The highest BCUT2D eigenvalue weighted by molar-refractivity contribution is 5.93. The highest BCUT2D eigenvalue weighted by Crippen LogP contribution is 2.34. The summed E-state index contributed by atoms with van der Waals surface area (Å²) in [5.74, 6) is -0.957. The molecule has 0 atom stereocenters. The van der Waals surface area contributed by atoms with E-state index in [2.05, 4.69) is 5.32 Å². The van der Waals surface area contributed by atoms with Gasteiger partial charge in [0.05, 0.1) is 17.9 Å². The standard InChI is InChI=1S/C20H20F3NO5/c1-2-11-27-16-9-5-6-10-17(16)28-13-19(26)29-12-18(25)24-15-8-4-3-7-14(15)20(21,22)23/h3-10H,2,11-13H2,1H3,(H,24,25). The van der Waals surface area contributed by atoms with Gasteiger partial charge < -0.3 is 19.5 Å². The number of amides is 1. The van der Waals surface area contributed by atoms with Gasteiger partial charge in [0.25, 0.3) is 5.91 Å². The van der Waals surface area contributed by atoms with Crippen LogP contribution in [0.5, 0.6) is 11.5 Å². The van der Waals surface area contributed by atoms with Gasteiger partial charge in [-0.1, -0.05) is 31.2 Å². The molecule has 0 bridgehead atoms. The first-order chi connectivity index (χ1) is 13.8. The van der Waals surface area contributed by atoms with Gasteiger partial charge in [-0.05, 0) is 30.7 Å². The number of hydrogen-bond acceptors (Lipinski definition) is 5. The number of benzene rings is 2. The molecule has 9 heteroatoms. The number of anilines is 1. The normalized spacial score (nSPS) is 10.9. The van der Waals surface area contributed by atoms with Crippen molar-refractivity contribution < 1.29 is 37.0 Å². The first-order valence-electron chi connectivity index (χ1n) is 8.77. The van der Waals surface area contributed by atoms with E-state index < -0.39 is 42.5 Å². The summed E-state index contributed by atoms with van der Waals surface area (Å²) >= 11 is 0. The zero-order valence-electron chi connectivity index (χ0n) is 15.6. The van der Waals surface area contributed by atoms with Crippen LogP contribution in [0.3, 0.4) is 0 Å². The Balaban J connectivity index is 1.84. The summed E-state index contributed by atoms with van der Waals surface area (Å²) in [6.07, 6.45) is -3.83. The maximum Gasteiger partial charge on any atom is 0.418 e. The van der Waals surface area contributed by atoms with Crippen LogP contribution >= 0.6 is 0 Å². The number of halogens is 3. The zero-order valence-corrected chi connectivity index (χ0v) is 15.6. The number of alkyl halides is 3. The molecule has 0 saturated carbocycles. The molecule has 0 unspecified atom stereocenters. The van der Waals surface area contributed by atoms with E-state index in [0.717, 1.165) is 18.6 Å². The average Bonchev–Trinajstić information content (AvgIpc) is 2.69. The average molecular weight is 411 g/mol. The van der Waals surface area contributed by atoms with Gasteiger partial charge in [-0.3, -0.25) is 4.79 Å². The monoisotopic (exact) mass is 411 g/mol. The Kier molecular flexibility index (Phi) is 7.88.